The normalized spacial score (nSPS) is 9.66. The number of carboxylic acid groups (broad SMARTS) is 2. The Hall–Kier alpha value is -2.70. The lowest BCUT2D eigenvalue weighted by Crippen LogP contribution is -2.02. The highest BCUT2D eigenvalue weighted by Gasteiger charge is 1.97. The van der Waals surface area contributed by atoms with Crippen LogP contribution in [0.15, 0.2) is 60.7 Å². The number of aliphatic hydroxyl groups is 2. The summed E-state index contributed by atoms with van der Waals surface area (Å²) in [6, 6.07) is 16.6. The van der Waals surface area contributed by atoms with Gasteiger partial charge in [0.25, 0.3) is 0 Å². The summed E-state index contributed by atoms with van der Waals surface area (Å²) in [5.41, 5.74) is 0.662. The summed E-state index contributed by atoms with van der Waals surface area (Å²) >= 11 is 0. The Labute approximate surface area is 172 Å². The second kappa shape index (κ2) is 17.4. The molecule has 6 nitrogen and oxygen atoms in total. The molecule has 0 bridgehead atoms. The summed E-state index contributed by atoms with van der Waals surface area (Å²) in [5.74, 6) is -1.76. The molecule has 29 heavy (non-hydrogen) atoms. The van der Waals surface area contributed by atoms with Gasteiger partial charge >= 0.3 is 11.9 Å². The summed E-state index contributed by atoms with van der Waals surface area (Å²) in [7, 11) is 0. The predicted molar refractivity (Wildman–Crippen MR) is 113 cm³/mol. The molecule has 0 saturated carbocycles. The lowest BCUT2D eigenvalue weighted by molar-refractivity contribution is -0.0466. The molecule has 2 rings (SSSR count). The molecule has 2 aromatic rings. The monoisotopic (exact) mass is 404 g/mol. The zero-order chi connectivity index (χ0) is 21.9. The average molecular weight is 405 g/mol. The van der Waals surface area contributed by atoms with Crippen molar-refractivity contribution in [3.05, 3.63) is 71.8 Å². The van der Waals surface area contributed by atoms with Crippen LogP contribution in [0.25, 0.3) is 0 Å². The van der Waals surface area contributed by atoms with Crippen LogP contribution in [0, 0.1) is 0 Å². The van der Waals surface area contributed by atoms with E-state index in [2.05, 4.69) is 6.92 Å². The van der Waals surface area contributed by atoms with Crippen molar-refractivity contribution in [2.75, 3.05) is 0 Å². The molecule has 2 aromatic carbocycles. The first-order valence-electron chi connectivity index (χ1n) is 9.81. The fraction of sp³-hybridized carbons (Fsp3) is 0.391. The Bertz CT molecular complexity index is 606. The van der Waals surface area contributed by atoms with Crippen LogP contribution in [0.1, 0.15) is 72.6 Å². The Morgan fingerprint density at radius 1 is 0.690 bits per heavy atom. The highest BCUT2D eigenvalue weighted by molar-refractivity contribution is 5.87. The molecule has 0 unspecified atom stereocenters. The third-order valence-electron chi connectivity index (χ3n) is 3.86. The van der Waals surface area contributed by atoms with E-state index in [1.165, 1.54) is 25.7 Å². The maximum atomic E-state index is 10.2. The summed E-state index contributed by atoms with van der Waals surface area (Å²) in [5, 5.41) is 33.8. The van der Waals surface area contributed by atoms with Crippen molar-refractivity contribution in [1.82, 2.24) is 0 Å². The number of rotatable bonds is 9. The van der Waals surface area contributed by atoms with Crippen LogP contribution >= 0.6 is 0 Å². The molecule has 0 fully saturated rings. The molecular formula is C23H32O6. The lowest BCUT2D eigenvalue weighted by Gasteiger charge is -2.02. The maximum Gasteiger partial charge on any atom is 0.335 e. The predicted octanol–water partition coefficient (Wildman–Crippen LogP) is 4.82. The fourth-order valence-corrected chi connectivity index (χ4v) is 2.27. The molecule has 0 spiro atoms. The van der Waals surface area contributed by atoms with Gasteiger partial charge in [-0.1, -0.05) is 75.4 Å². The van der Waals surface area contributed by atoms with Gasteiger partial charge in [0.2, 0.25) is 0 Å². The Morgan fingerprint density at radius 3 is 1.38 bits per heavy atom. The Morgan fingerprint density at radius 2 is 1.07 bits per heavy atom. The fourth-order valence-electron chi connectivity index (χ4n) is 2.27. The number of hydrogen-bond acceptors (Lipinski definition) is 4. The van der Waals surface area contributed by atoms with Gasteiger partial charge in [0.15, 0.2) is 6.29 Å². The van der Waals surface area contributed by atoms with Crippen LogP contribution in [0.3, 0.4) is 0 Å². The molecule has 0 aliphatic heterocycles. The van der Waals surface area contributed by atoms with Crippen molar-refractivity contribution in [3.8, 4) is 0 Å². The smallest absolute Gasteiger partial charge is 0.335 e. The van der Waals surface area contributed by atoms with Crippen LogP contribution in [-0.4, -0.2) is 38.7 Å². The van der Waals surface area contributed by atoms with E-state index in [1.807, 2.05) is 0 Å². The van der Waals surface area contributed by atoms with E-state index in [4.69, 9.17) is 20.4 Å². The second-order valence-corrected chi connectivity index (χ2v) is 6.38. The summed E-state index contributed by atoms with van der Waals surface area (Å²) in [6.07, 6.45) is 6.62. The molecule has 0 atom stereocenters. The molecule has 0 amide bonds. The minimum absolute atomic E-state index is 0.331. The second-order valence-electron chi connectivity index (χ2n) is 6.38. The first kappa shape index (κ1) is 26.3. The van der Waals surface area contributed by atoms with E-state index < -0.39 is 18.2 Å². The largest absolute Gasteiger partial charge is 0.478 e. The minimum Gasteiger partial charge on any atom is -0.478 e. The number of unbranched alkanes of at least 4 members (excludes halogenated alkanes) is 5. The standard InChI is InChI=1S/C9H20O2.2C7H6O2/c1-2-3-4-5-6-7-8-9(10)11;2*8-7(9)6-4-2-1-3-5-6/h9-11H,2-8H2,1H3;2*1-5H,(H,8,9). The zero-order valence-electron chi connectivity index (χ0n) is 16.9. The number of carboxylic acids is 2. The molecule has 0 aliphatic carbocycles. The third-order valence-corrected chi connectivity index (χ3v) is 3.86. The van der Waals surface area contributed by atoms with E-state index >= 15 is 0 Å². The lowest BCUT2D eigenvalue weighted by atomic mass is 10.1. The van der Waals surface area contributed by atoms with Crippen molar-refractivity contribution in [1.29, 1.82) is 0 Å². The Kier molecular flexibility index (Phi) is 15.8. The van der Waals surface area contributed by atoms with Crippen LogP contribution in [0.4, 0.5) is 0 Å². The summed E-state index contributed by atoms with van der Waals surface area (Å²) < 4.78 is 0. The topological polar surface area (TPSA) is 115 Å². The van der Waals surface area contributed by atoms with Crippen LogP contribution < -0.4 is 0 Å². The van der Waals surface area contributed by atoms with E-state index in [-0.39, 0.29) is 0 Å². The number of hydrogen-bond donors (Lipinski definition) is 4. The molecule has 0 aromatic heterocycles. The highest BCUT2D eigenvalue weighted by Crippen LogP contribution is 2.07. The van der Waals surface area contributed by atoms with Gasteiger partial charge in [0.05, 0.1) is 11.1 Å². The van der Waals surface area contributed by atoms with Gasteiger partial charge < -0.3 is 20.4 Å². The minimum atomic E-state index is -1.10. The molecule has 4 N–H and O–H groups in total. The molecule has 0 heterocycles. The van der Waals surface area contributed by atoms with Gasteiger partial charge in [-0.3, -0.25) is 0 Å². The van der Waals surface area contributed by atoms with Gasteiger partial charge in [-0.25, -0.2) is 9.59 Å². The van der Waals surface area contributed by atoms with Gasteiger partial charge in [-0.15, -0.1) is 0 Å². The number of aromatic carboxylic acids is 2. The van der Waals surface area contributed by atoms with E-state index in [0.717, 1.165) is 12.8 Å². The van der Waals surface area contributed by atoms with Crippen molar-refractivity contribution >= 4 is 11.9 Å². The quantitative estimate of drug-likeness (QED) is 0.352. The van der Waals surface area contributed by atoms with Gasteiger partial charge in [-0.2, -0.15) is 0 Å². The Balaban J connectivity index is 0.000000408. The van der Waals surface area contributed by atoms with Crippen LogP contribution in [0.5, 0.6) is 0 Å². The van der Waals surface area contributed by atoms with Gasteiger partial charge in [0.1, 0.15) is 0 Å². The van der Waals surface area contributed by atoms with E-state index in [9.17, 15) is 9.59 Å². The molecule has 160 valence electrons. The zero-order valence-corrected chi connectivity index (χ0v) is 16.9. The van der Waals surface area contributed by atoms with Gasteiger partial charge in [-0.05, 0) is 37.1 Å². The summed E-state index contributed by atoms with van der Waals surface area (Å²) in [4.78, 5) is 20.4. The molecule has 6 heteroatoms. The first-order chi connectivity index (χ1) is 13.9. The van der Waals surface area contributed by atoms with Gasteiger partial charge in [0, 0.05) is 0 Å². The number of benzene rings is 2. The molecular weight excluding hydrogens is 372 g/mol. The SMILES string of the molecule is CCCCCCCCC(O)O.O=C(O)c1ccccc1.O=C(O)c1ccccc1. The first-order valence-corrected chi connectivity index (χ1v) is 9.81. The van der Waals surface area contributed by atoms with Crippen molar-refractivity contribution in [3.63, 3.8) is 0 Å². The average Bonchev–Trinajstić information content (AvgIpc) is 2.72. The third kappa shape index (κ3) is 16.0. The number of aliphatic hydroxyl groups excluding tert-OH is 1. The van der Waals surface area contributed by atoms with Crippen LogP contribution in [-0.2, 0) is 0 Å². The molecule has 0 saturated heterocycles. The maximum absolute atomic E-state index is 10.2. The molecule has 0 aliphatic rings. The van der Waals surface area contributed by atoms with Crippen molar-refractivity contribution in [2.24, 2.45) is 0 Å². The van der Waals surface area contributed by atoms with Crippen molar-refractivity contribution < 1.29 is 30.0 Å². The summed E-state index contributed by atoms with van der Waals surface area (Å²) in [6.45, 7) is 2.19. The number of carbonyl (C=O) groups is 2. The molecule has 0 radical (unpaired) electrons. The van der Waals surface area contributed by atoms with Crippen molar-refractivity contribution in [2.45, 2.75) is 58.2 Å². The van der Waals surface area contributed by atoms with E-state index in [1.54, 1.807) is 60.7 Å². The van der Waals surface area contributed by atoms with Crippen LogP contribution in [0.2, 0.25) is 0 Å². The highest BCUT2D eigenvalue weighted by atomic mass is 16.5. The van der Waals surface area contributed by atoms with E-state index in [0.29, 0.717) is 17.5 Å².